The Kier molecular flexibility index (Phi) is 4.57. The lowest BCUT2D eigenvalue weighted by molar-refractivity contribution is -0.141. The van der Waals surface area contributed by atoms with Crippen molar-refractivity contribution in [3.8, 4) is 0 Å². The van der Waals surface area contributed by atoms with Gasteiger partial charge in [0, 0.05) is 21.8 Å². The Labute approximate surface area is 95.4 Å². The van der Waals surface area contributed by atoms with Crippen LogP contribution in [-0.4, -0.2) is 19.6 Å². The summed E-state index contributed by atoms with van der Waals surface area (Å²) in [7, 11) is 1.39. The number of hydrogen-bond acceptors (Lipinski definition) is 4. The van der Waals surface area contributed by atoms with Gasteiger partial charge in [-0.2, -0.15) is 0 Å². The average molecular weight is 278 g/mol. The predicted molar refractivity (Wildman–Crippen MR) is 60.4 cm³/mol. The van der Waals surface area contributed by atoms with E-state index in [9.17, 15) is 4.79 Å². The van der Waals surface area contributed by atoms with Crippen LogP contribution in [0.3, 0.4) is 0 Å². The molecule has 1 atom stereocenters. The van der Waals surface area contributed by atoms with Crippen LogP contribution in [0.15, 0.2) is 15.9 Å². The summed E-state index contributed by atoms with van der Waals surface area (Å²) in [6, 6.07) is 1.96. The fourth-order valence-corrected chi connectivity index (χ4v) is 2.98. The maximum atomic E-state index is 11.1. The van der Waals surface area contributed by atoms with Crippen molar-refractivity contribution in [1.82, 2.24) is 0 Å². The molecule has 0 saturated carbocycles. The first-order valence-corrected chi connectivity index (χ1v) is 5.86. The molecule has 1 rings (SSSR count). The van der Waals surface area contributed by atoms with Gasteiger partial charge < -0.3 is 10.5 Å². The summed E-state index contributed by atoms with van der Waals surface area (Å²) in [5.41, 5.74) is 5.61. The molecule has 3 nitrogen and oxygen atoms in total. The minimum Gasteiger partial charge on any atom is -0.469 e. The molecule has 0 amide bonds. The van der Waals surface area contributed by atoms with Crippen molar-refractivity contribution in [2.75, 3.05) is 13.7 Å². The first-order chi connectivity index (χ1) is 6.69. The second-order valence-electron chi connectivity index (χ2n) is 2.85. The van der Waals surface area contributed by atoms with Crippen LogP contribution in [0.2, 0.25) is 0 Å². The molecule has 5 heteroatoms. The SMILES string of the molecule is COC(=O)CC(CN)c1sccc1Br. The standard InChI is InChI=1S/C9H12BrNO2S/c1-13-8(12)4-6(5-11)9-7(10)2-3-14-9/h2-3,6H,4-5,11H2,1H3. The molecule has 0 aliphatic carbocycles. The number of carbonyl (C=O) groups excluding carboxylic acids is 1. The number of carbonyl (C=O) groups is 1. The normalized spacial score (nSPS) is 12.5. The fourth-order valence-electron chi connectivity index (χ4n) is 1.16. The second kappa shape index (κ2) is 5.48. The molecule has 0 radical (unpaired) electrons. The van der Waals surface area contributed by atoms with E-state index in [0.717, 1.165) is 9.35 Å². The average Bonchev–Trinajstić information content (AvgIpc) is 2.60. The lowest BCUT2D eigenvalue weighted by Crippen LogP contribution is -2.16. The highest BCUT2D eigenvalue weighted by molar-refractivity contribution is 9.10. The molecular weight excluding hydrogens is 266 g/mol. The largest absolute Gasteiger partial charge is 0.469 e. The fraction of sp³-hybridized carbons (Fsp3) is 0.444. The van der Waals surface area contributed by atoms with Crippen LogP contribution in [0.25, 0.3) is 0 Å². The zero-order valence-corrected chi connectivity index (χ0v) is 10.2. The molecule has 1 unspecified atom stereocenters. The third-order valence-corrected chi connectivity index (χ3v) is 3.97. The zero-order chi connectivity index (χ0) is 10.6. The molecule has 2 N–H and O–H groups in total. The van der Waals surface area contributed by atoms with Crippen molar-refractivity contribution < 1.29 is 9.53 Å². The van der Waals surface area contributed by atoms with E-state index in [0.29, 0.717) is 13.0 Å². The molecule has 1 heterocycles. The molecule has 0 saturated heterocycles. The first-order valence-electron chi connectivity index (χ1n) is 4.18. The van der Waals surface area contributed by atoms with E-state index in [-0.39, 0.29) is 11.9 Å². The van der Waals surface area contributed by atoms with Crippen molar-refractivity contribution in [2.45, 2.75) is 12.3 Å². The van der Waals surface area contributed by atoms with Gasteiger partial charge in [-0.1, -0.05) is 0 Å². The predicted octanol–water partition coefficient (Wildman–Crippen LogP) is 2.12. The van der Waals surface area contributed by atoms with Crippen LogP contribution in [0.1, 0.15) is 17.2 Å². The smallest absolute Gasteiger partial charge is 0.306 e. The molecule has 0 bridgehead atoms. The van der Waals surface area contributed by atoms with Gasteiger partial charge in [0.25, 0.3) is 0 Å². The highest BCUT2D eigenvalue weighted by atomic mass is 79.9. The van der Waals surface area contributed by atoms with Crippen molar-refractivity contribution in [3.63, 3.8) is 0 Å². The van der Waals surface area contributed by atoms with Crippen LogP contribution in [0, 0.1) is 0 Å². The minimum atomic E-state index is -0.222. The topological polar surface area (TPSA) is 52.3 Å². The van der Waals surface area contributed by atoms with Gasteiger partial charge >= 0.3 is 5.97 Å². The molecule has 0 fully saturated rings. The second-order valence-corrected chi connectivity index (χ2v) is 4.65. The van der Waals surface area contributed by atoms with E-state index in [1.165, 1.54) is 7.11 Å². The Balaban J connectivity index is 2.72. The summed E-state index contributed by atoms with van der Waals surface area (Å²) in [6.45, 7) is 0.453. The molecule has 0 aromatic carbocycles. The molecule has 1 aromatic heterocycles. The number of rotatable bonds is 4. The van der Waals surface area contributed by atoms with Gasteiger partial charge in [0.05, 0.1) is 13.5 Å². The summed E-state index contributed by atoms with van der Waals surface area (Å²) in [5, 5.41) is 1.97. The van der Waals surface area contributed by atoms with Gasteiger partial charge in [0.15, 0.2) is 0 Å². The number of halogens is 1. The molecular formula is C9H12BrNO2S. The Morgan fingerprint density at radius 3 is 2.93 bits per heavy atom. The number of hydrogen-bond donors (Lipinski definition) is 1. The van der Waals surface area contributed by atoms with Gasteiger partial charge in [-0.25, -0.2) is 0 Å². The van der Waals surface area contributed by atoms with Crippen LogP contribution in [0.4, 0.5) is 0 Å². The number of nitrogens with two attached hydrogens (primary N) is 1. The van der Waals surface area contributed by atoms with Crippen LogP contribution in [-0.2, 0) is 9.53 Å². The minimum absolute atomic E-state index is 0.0526. The van der Waals surface area contributed by atoms with E-state index in [1.54, 1.807) is 11.3 Å². The molecule has 14 heavy (non-hydrogen) atoms. The van der Waals surface area contributed by atoms with Crippen molar-refractivity contribution in [1.29, 1.82) is 0 Å². The van der Waals surface area contributed by atoms with Gasteiger partial charge in [0.2, 0.25) is 0 Å². The molecule has 1 aromatic rings. The Hall–Kier alpha value is -0.390. The Morgan fingerprint density at radius 1 is 1.79 bits per heavy atom. The summed E-state index contributed by atoms with van der Waals surface area (Å²) >= 11 is 5.02. The van der Waals surface area contributed by atoms with Gasteiger partial charge in [-0.15, -0.1) is 11.3 Å². The van der Waals surface area contributed by atoms with E-state index in [4.69, 9.17) is 5.73 Å². The van der Waals surface area contributed by atoms with E-state index < -0.39 is 0 Å². The number of methoxy groups -OCH3 is 1. The van der Waals surface area contributed by atoms with E-state index in [1.807, 2.05) is 11.4 Å². The quantitative estimate of drug-likeness (QED) is 0.858. The summed E-state index contributed by atoms with van der Waals surface area (Å²) in [6.07, 6.45) is 0.339. The zero-order valence-electron chi connectivity index (χ0n) is 7.83. The number of ether oxygens (including phenoxy) is 1. The van der Waals surface area contributed by atoms with Gasteiger partial charge in [-0.3, -0.25) is 4.79 Å². The Bertz CT molecular complexity index is 314. The Morgan fingerprint density at radius 2 is 2.50 bits per heavy atom. The van der Waals surface area contributed by atoms with Crippen LogP contribution >= 0.6 is 27.3 Å². The summed E-state index contributed by atoms with van der Waals surface area (Å²) in [5.74, 6) is -0.169. The number of esters is 1. The molecule has 78 valence electrons. The molecule has 0 spiro atoms. The van der Waals surface area contributed by atoms with Crippen molar-refractivity contribution in [2.24, 2.45) is 5.73 Å². The van der Waals surface area contributed by atoms with Crippen LogP contribution < -0.4 is 5.73 Å². The van der Waals surface area contributed by atoms with E-state index >= 15 is 0 Å². The highest BCUT2D eigenvalue weighted by Gasteiger charge is 2.18. The van der Waals surface area contributed by atoms with Crippen molar-refractivity contribution in [3.05, 3.63) is 20.8 Å². The van der Waals surface area contributed by atoms with Gasteiger partial charge in [0.1, 0.15) is 0 Å². The van der Waals surface area contributed by atoms with E-state index in [2.05, 4.69) is 20.7 Å². The monoisotopic (exact) mass is 277 g/mol. The molecule has 0 aliphatic heterocycles. The maximum absolute atomic E-state index is 11.1. The third kappa shape index (κ3) is 2.80. The number of thiophene rings is 1. The first kappa shape index (κ1) is 11.7. The lowest BCUT2D eigenvalue weighted by atomic mass is 10.0. The summed E-state index contributed by atoms with van der Waals surface area (Å²) in [4.78, 5) is 12.2. The third-order valence-electron chi connectivity index (χ3n) is 1.94. The van der Waals surface area contributed by atoms with Crippen LogP contribution in [0.5, 0.6) is 0 Å². The van der Waals surface area contributed by atoms with Crippen molar-refractivity contribution >= 4 is 33.2 Å². The maximum Gasteiger partial charge on any atom is 0.306 e. The molecule has 0 aliphatic rings. The lowest BCUT2D eigenvalue weighted by Gasteiger charge is -2.11. The highest BCUT2D eigenvalue weighted by Crippen LogP contribution is 2.31. The summed E-state index contributed by atoms with van der Waals surface area (Å²) < 4.78 is 5.63. The van der Waals surface area contributed by atoms with Gasteiger partial charge in [-0.05, 0) is 27.4 Å².